The molecule has 2 amide bonds. The highest BCUT2D eigenvalue weighted by Gasteiger charge is 2.40. The number of likely N-dealkylation sites (N-methyl/N-ethyl adjacent to an activating group) is 1. The average Bonchev–Trinajstić information content (AvgIpc) is 2.22. The summed E-state index contributed by atoms with van der Waals surface area (Å²) >= 11 is 0. The maximum atomic E-state index is 11.6. The predicted octanol–water partition coefficient (Wildman–Crippen LogP) is -0.715. The van der Waals surface area contributed by atoms with Crippen LogP contribution in [0.1, 0.15) is 13.3 Å². The van der Waals surface area contributed by atoms with E-state index in [0.29, 0.717) is 6.54 Å². The van der Waals surface area contributed by atoms with Crippen molar-refractivity contribution < 1.29 is 9.59 Å². The van der Waals surface area contributed by atoms with Gasteiger partial charge in [0, 0.05) is 33.2 Å². The Balaban J connectivity index is 1.79. The third-order valence-corrected chi connectivity index (χ3v) is 3.46. The maximum absolute atomic E-state index is 11.6. The smallest absolute Gasteiger partial charge is 0.237 e. The van der Waals surface area contributed by atoms with E-state index < -0.39 is 0 Å². The number of amides is 2. The zero-order valence-corrected chi connectivity index (χ0v) is 9.90. The Bertz CT molecular complexity index is 306. The van der Waals surface area contributed by atoms with Crippen LogP contribution in [0.3, 0.4) is 0 Å². The number of hydrogen-bond donors (Lipinski definition) is 1. The Morgan fingerprint density at radius 3 is 2.75 bits per heavy atom. The lowest BCUT2D eigenvalue weighted by Crippen LogP contribution is -2.61. The van der Waals surface area contributed by atoms with Gasteiger partial charge in [0.05, 0.1) is 12.0 Å². The van der Waals surface area contributed by atoms with Crippen LogP contribution in [-0.2, 0) is 9.59 Å². The molecule has 0 aliphatic carbocycles. The zero-order valence-electron chi connectivity index (χ0n) is 9.90. The molecule has 2 atom stereocenters. The average molecular weight is 225 g/mol. The number of hydrogen-bond acceptors (Lipinski definition) is 3. The second-order valence-corrected chi connectivity index (χ2v) is 4.61. The lowest BCUT2D eigenvalue weighted by molar-refractivity contribution is -0.149. The Morgan fingerprint density at radius 1 is 1.56 bits per heavy atom. The number of carbonyl (C=O) groups is 2. The molecule has 0 saturated carbocycles. The number of likely N-dealkylation sites (tertiary alicyclic amines) is 2. The molecule has 2 fully saturated rings. The van der Waals surface area contributed by atoms with Gasteiger partial charge in [-0.3, -0.25) is 14.5 Å². The zero-order chi connectivity index (χ0) is 11.7. The van der Waals surface area contributed by atoms with Gasteiger partial charge in [-0.15, -0.1) is 0 Å². The fraction of sp³-hybridized carbons (Fsp3) is 0.818. The summed E-state index contributed by atoms with van der Waals surface area (Å²) in [4.78, 5) is 26.9. The molecule has 0 radical (unpaired) electrons. The molecule has 0 aromatic heterocycles. The topological polar surface area (TPSA) is 52.7 Å². The third kappa shape index (κ3) is 1.91. The lowest BCUT2D eigenvalue weighted by atomic mass is 9.94. The second-order valence-electron chi connectivity index (χ2n) is 4.61. The van der Waals surface area contributed by atoms with E-state index in [1.54, 1.807) is 4.90 Å². The summed E-state index contributed by atoms with van der Waals surface area (Å²) in [6.45, 7) is 5.11. The monoisotopic (exact) mass is 225 g/mol. The van der Waals surface area contributed by atoms with Gasteiger partial charge in [0.1, 0.15) is 0 Å². The Kier molecular flexibility index (Phi) is 3.14. The van der Waals surface area contributed by atoms with E-state index in [2.05, 4.69) is 10.2 Å². The molecule has 90 valence electrons. The molecule has 16 heavy (non-hydrogen) atoms. The van der Waals surface area contributed by atoms with E-state index in [9.17, 15) is 9.59 Å². The van der Waals surface area contributed by atoms with Gasteiger partial charge < -0.3 is 10.2 Å². The largest absolute Gasteiger partial charge is 0.355 e. The quantitative estimate of drug-likeness (QED) is 0.643. The number of nitrogens with zero attached hydrogens (tertiary/aromatic N) is 2. The summed E-state index contributed by atoms with van der Waals surface area (Å²) in [5, 5.41) is 2.83. The Hall–Kier alpha value is -1.10. The van der Waals surface area contributed by atoms with Crippen LogP contribution in [-0.4, -0.2) is 60.9 Å². The van der Waals surface area contributed by atoms with Crippen molar-refractivity contribution in [3.8, 4) is 0 Å². The van der Waals surface area contributed by atoms with Crippen molar-refractivity contribution in [3.05, 3.63) is 0 Å². The van der Waals surface area contributed by atoms with Gasteiger partial charge >= 0.3 is 0 Å². The Morgan fingerprint density at radius 2 is 2.31 bits per heavy atom. The molecule has 2 aliphatic rings. The van der Waals surface area contributed by atoms with Gasteiger partial charge in [-0.2, -0.15) is 0 Å². The first-order valence-electron chi connectivity index (χ1n) is 5.90. The molecular formula is C11H19N3O2. The summed E-state index contributed by atoms with van der Waals surface area (Å²) in [6, 6.07) is -0.00124. The van der Waals surface area contributed by atoms with Gasteiger partial charge in [-0.05, 0) is 13.3 Å². The van der Waals surface area contributed by atoms with Crippen LogP contribution in [0.25, 0.3) is 0 Å². The summed E-state index contributed by atoms with van der Waals surface area (Å²) in [5.74, 6) is 0.428. The molecule has 2 saturated heterocycles. The van der Waals surface area contributed by atoms with Gasteiger partial charge in [0.15, 0.2) is 0 Å². The van der Waals surface area contributed by atoms with Crippen molar-refractivity contribution in [3.63, 3.8) is 0 Å². The first-order valence-corrected chi connectivity index (χ1v) is 5.90. The van der Waals surface area contributed by atoms with E-state index in [4.69, 9.17) is 0 Å². The number of β-lactam (4-membered cyclic amide) rings is 1. The van der Waals surface area contributed by atoms with Crippen molar-refractivity contribution >= 4 is 11.8 Å². The van der Waals surface area contributed by atoms with E-state index >= 15 is 0 Å². The minimum atomic E-state index is -0.00124. The van der Waals surface area contributed by atoms with Crippen LogP contribution < -0.4 is 5.32 Å². The van der Waals surface area contributed by atoms with Crippen molar-refractivity contribution in [1.29, 1.82) is 0 Å². The molecule has 0 spiro atoms. The van der Waals surface area contributed by atoms with Crippen molar-refractivity contribution in [1.82, 2.24) is 15.1 Å². The van der Waals surface area contributed by atoms with Crippen LogP contribution in [0.4, 0.5) is 0 Å². The van der Waals surface area contributed by atoms with E-state index in [1.807, 2.05) is 14.0 Å². The van der Waals surface area contributed by atoms with Crippen molar-refractivity contribution in [2.45, 2.75) is 19.4 Å². The molecule has 1 N–H and O–H groups in total. The lowest BCUT2D eigenvalue weighted by Gasteiger charge is -2.45. The first kappa shape index (κ1) is 11.4. The summed E-state index contributed by atoms with van der Waals surface area (Å²) in [6.07, 6.45) is 0.919. The molecule has 2 heterocycles. The number of nitrogens with one attached hydrogen (secondary N) is 1. The molecular weight excluding hydrogens is 206 g/mol. The standard InChI is InChI=1S/C11H19N3O2/c1-3-12-10(15)9-4-5-14(9)7-8-6-13(2)11(8)16/h8-9H,3-7H2,1-2H3,(H,12,15). The Labute approximate surface area is 95.8 Å². The van der Waals surface area contributed by atoms with Gasteiger partial charge in [0.25, 0.3) is 0 Å². The minimum absolute atomic E-state index is 0.00124. The third-order valence-electron chi connectivity index (χ3n) is 3.46. The highest BCUT2D eigenvalue weighted by atomic mass is 16.2. The maximum Gasteiger partial charge on any atom is 0.237 e. The molecule has 5 nitrogen and oxygen atoms in total. The molecule has 0 bridgehead atoms. The molecule has 0 aromatic rings. The van der Waals surface area contributed by atoms with Crippen molar-refractivity contribution in [2.24, 2.45) is 5.92 Å². The second kappa shape index (κ2) is 4.41. The minimum Gasteiger partial charge on any atom is -0.355 e. The predicted molar refractivity (Wildman–Crippen MR) is 59.8 cm³/mol. The fourth-order valence-electron chi connectivity index (χ4n) is 2.37. The number of carbonyl (C=O) groups excluding carboxylic acids is 2. The van der Waals surface area contributed by atoms with Gasteiger partial charge in [0.2, 0.25) is 11.8 Å². The molecule has 2 rings (SSSR count). The summed E-state index contributed by atoms with van der Waals surface area (Å²) in [7, 11) is 1.82. The molecule has 2 aliphatic heterocycles. The van der Waals surface area contributed by atoms with Crippen LogP contribution in [0.15, 0.2) is 0 Å². The van der Waals surface area contributed by atoms with Crippen LogP contribution in [0.5, 0.6) is 0 Å². The SMILES string of the molecule is CCNC(=O)C1CCN1CC1CN(C)C1=O. The van der Waals surface area contributed by atoms with Crippen LogP contribution >= 0.6 is 0 Å². The summed E-state index contributed by atoms with van der Waals surface area (Å²) < 4.78 is 0. The van der Waals surface area contributed by atoms with Crippen molar-refractivity contribution in [2.75, 3.05) is 33.2 Å². The molecule has 0 aromatic carbocycles. The number of rotatable bonds is 4. The first-order chi connectivity index (χ1) is 7.63. The fourth-order valence-corrected chi connectivity index (χ4v) is 2.37. The van der Waals surface area contributed by atoms with Crippen LogP contribution in [0.2, 0.25) is 0 Å². The summed E-state index contributed by atoms with van der Waals surface area (Å²) in [5.41, 5.74) is 0. The van der Waals surface area contributed by atoms with Crippen LogP contribution in [0, 0.1) is 5.92 Å². The van der Waals surface area contributed by atoms with Gasteiger partial charge in [-0.25, -0.2) is 0 Å². The van der Waals surface area contributed by atoms with E-state index in [1.165, 1.54) is 0 Å². The highest BCUT2D eigenvalue weighted by Crippen LogP contribution is 2.23. The van der Waals surface area contributed by atoms with E-state index in [-0.39, 0.29) is 23.8 Å². The molecule has 5 heteroatoms. The normalized spacial score (nSPS) is 29.6. The molecule has 2 unspecified atom stereocenters. The van der Waals surface area contributed by atoms with E-state index in [0.717, 1.165) is 26.1 Å². The highest BCUT2D eigenvalue weighted by molar-refractivity contribution is 5.85. The van der Waals surface area contributed by atoms with Gasteiger partial charge in [-0.1, -0.05) is 0 Å².